The SMILES string of the molecule is CCCCCCNCCOc1cc(C(C)C)c(Cl)cc1C. The summed E-state index contributed by atoms with van der Waals surface area (Å²) >= 11 is 6.27. The molecule has 0 spiro atoms. The highest BCUT2D eigenvalue weighted by Gasteiger charge is 2.09. The van der Waals surface area contributed by atoms with E-state index >= 15 is 0 Å². The summed E-state index contributed by atoms with van der Waals surface area (Å²) in [5.41, 5.74) is 2.26. The van der Waals surface area contributed by atoms with Gasteiger partial charge >= 0.3 is 0 Å². The number of ether oxygens (including phenoxy) is 1. The lowest BCUT2D eigenvalue weighted by Crippen LogP contribution is -2.22. The molecule has 3 heteroatoms. The average Bonchev–Trinajstić information content (AvgIpc) is 2.43. The van der Waals surface area contributed by atoms with Crippen LogP contribution < -0.4 is 10.1 Å². The number of halogens is 1. The van der Waals surface area contributed by atoms with E-state index in [2.05, 4.69) is 32.2 Å². The summed E-state index contributed by atoms with van der Waals surface area (Å²) < 4.78 is 5.89. The van der Waals surface area contributed by atoms with Gasteiger partial charge in [-0.25, -0.2) is 0 Å². The molecule has 0 heterocycles. The Morgan fingerprint density at radius 1 is 1.14 bits per heavy atom. The maximum absolute atomic E-state index is 6.27. The van der Waals surface area contributed by atoms with Gasteiger partial charge in [-0.2, -0.15) is 0 Å². The lowest BCUT2D eigenvalue weighted by molar-refractivity contribution is 0.311. The van der Waals surface area contributed by atoms with Crippen LogP contribution in [-0.4, -0.2) is 19.7 Å². The molecule has 0 aliphatic carbocycles. The van der Waals surface area contributed by atoms with Gasteiger partial charge < -0.3 is 10.1 Å². The van der Waals surface area contributed by atoms with Crippen molar-refractivity contribution in [2.45, 2.75) is 59.3 Å². The van der Waals surface area contributed by atoms with Crippen molar-refractivity contribution in [3.63, 3.8) is 0 Å². The smallest absolute Gasteiger partial charge is 0.122 e. The molecule has 0 aliphatic heterocycles. The number of hydrogen-bond acceptors (Lipinski definition) is 2. The quantitative estimate of drug-likeness (QED) is 0.590. The molecule has 0 unspecified atom stereocenters. The first-order valence-corrected chi connectivity index (χ1v) is 8.57. The molecule has 1 N–H and O–H groups in total. The Morgan fingerprint density at radius 2 is 1.90 bits per heavy atom. The van der Waals surface area contributed by atoms with E-state index in [1.165, 1.54) is 25.7 Å². The average molecular weight is 312 g/mol. The van der Waals surface area contributed by atoms with Crippen molar-refractivity contribution >= 4 is 11.6 Å². The summed E-state index contributed by atoms with van der Waals surface area (Å²) in [6, 6.07) is 4.09. The van der Waals surface area contributed by atoms with Crippen LogP contribution in [0.15, 0.2) is 12.1 Å². The molecular weight excluding hydrogens is 282 g/mol. The number of rotatable bonds is 10. The summed E-state index contributed by atoms with van der Waals surface area (Å²) in [5.74, 6) is 1.37. The Kier molecular flexibility index (Phi) is 8.79. The number of benzene rings is 1. The van der Waals surface area contributed by atoms with Crippen LogP contribution in [0.1, 0.15) is 63.5 Å². The third-order valence-corrected chi connectivity index (χ3v) is 3.99. The standard InChI is InChI=1S/C18H30ClNO/c1-5-6-7-8-9-20-10-11-21-18-13-16(14(2)3)17(19)12-15(18)4/h12-14,20H,5-11H2,1-4H3. The first kappa shape index (κ1) is 18.3. The number of nitrogens with one attached hydrogen (secondary N) is 1. The Morgan fingerprint density at radius 3 is 2.57 bits per heavy atom. The fourth-order valence-electron chi connectivity index (χ4n) is 2.30. The Labute approximate surface area is 135 Å². The van der Waals surface area contributed by atoms with Gasteiger partial charge in [0.2, 0.25) is 0 Å². The lowest BCUT2D eigenvalue weighted by Gasteiger charge is -2.15. The van der Waals surface area contributed by atoms with Gasteiger partial charge in [0.1, 0.15) is 12.4 Å². The predicted octanol–water partition coefficient (Wildman–Crippen LogP) is 5.32. The second-order valence-electron chi connectivity index (χ2n) is 5.95. The number of aryl methyl sites for hydroxylation is 1. The van der Waals surface area contributed by atoms with Gasteiger partial charge in [0, 0.05) is 11.6 Å². The summed E-state index contributed by atoms with van der Waals surface area (Å²) in [7, 11) is 0. The van der Waals surface area contributed by atoms with Crippen molar-refractivity contribution in [2.24, 2.45) is 0 Å². The largest absolute Gasteiger partial charge is 0.492 e. The molecule has 0 amide bonds. The first-order chi connectivity index (χ1) is 10.1. The van der Waals surface area contributed by atoms with E-state index in [-0.39, 0.29) is 0 Å². The third-order valence-electron chi connectivity index (χ3n) is 3.66. The van der Waals surface area contributed by atoms with Crippen molar-refractivity contribution in [1.82, 2.24) is 5.32 Å². The van der Waals surface area contributed by atoms with Crippen molar-refractivity contribution < 1.29 is 4.74 Å². The van der Waals surface area contributed by atoms with Crippen LogP contribution in [0.25, 0.3) is 0 Å². The highest BCUT2D eigenvalue weighted by Crippen LogP contribution is 2.31. The van der Waals surface area contributed by atoms with Crippen molar-refractivity contribution in [3.8, 4) is 5.75 Å². The van der Waals surface area contributed by atoms with E-state index in [1.54, 1.807) is 0 Å². The molecule has 0 saturated carbocycles. The molecule has 1 aromatic carbocycles. The minimum atomic E-state index is 0.414. The van der Waals surface area contributed by atoms with Crippen LogP contribution in [0, 0.1) is 6.92 Å². The third kappa shape index (κ3) is 6.71. The van der Waals surface area contributed by atoms with Crippen LogP contribution >= 0.6 is 11.6 Å². The van der Waals surface area contributed by atoms with Crippen molar-refractivity contribution in [3.05, 3.63) is 28.3 Å². The molecule has 1 rings (SSSR count). The minimum absolute atomic E-state index is 0.414. The van der Waals surface area contributed by atoms with E-state index in [0.29, 0.717) is 12.5 Å². The second-order valence-corrected chi connectivity index (χ2v) is 6.36. The molecule has 2 nitrogen and oxygen atoms in total. The summed E-state index contributed by atoms with van der Waals surface area (Å²) in [6.45, 7) is 11.3. The minimum Gasteiger partial charge on any atom is -0.492 e. The maximum Gasteiger partial charge on any atom is 0.122 e. The van der Waals surface area contributed by atoms with Crippen LogP contribution in [0.2, 0.25) is 5.02 Å². The van der Waals surface area contributed by atoms with Gasteiger partial charge in [-0.3, -0.25) is 0 Å². The zero-order valence-electron chi connectivity index (χ0n) is 14.0. The Balaban J connectivity index is 2.33. The van der Waals surface area contributed by atoms with Crippen molar-refractivity contribution in [1.29, 1.82) is 0 Å². The Hall–Kier alpha value is -0.730. The van der Waals surface area contributed by atoms with Gasteiger partial charge in [0.25, 0.3) is 0 Å². The van der Waals surface area contributed by atoms with Crippen molar-refractivity contribution in [2.75, 3.05) is 19.7 Å². The monoisotopic (exact) mass is 311 g/mol. The highest BCUT2D eigenvalue weighted by atomic mass is 35.5. The number of unbranched alkanes of at least 4 members (excludes halogenated alkanes) is 3. The fourth-order valence-corrected chi connectivity index (χ4v) is 2.74. The van der Waals surface area contributed by atoms with Crippen LogP contribution in [-0.2, 0) is 0 Å². The zero-order valence-corrected chi connectivity index (χ0v) is 14.7. The van der Waals surface area contributed by atoms with E-state index in [9.17, 15) is 0 Å². The molecule has 0 saturated heterocycles. The van der Waals surface area contributed by atoms with E-state index < -0.39 is 0 Å². The van der Waals surface area contributed by atoms with E-state index in [4.69, 9.17) is 16.3 Å². The molecule has 0 aliphatic rings. The van der Waals surface area contributed by atoms with Gasteiger partial charge in [-0.15, -0.1) is 0 Å². The molecule has 0 fully saturated rings. The van der Waals surface area contributed by atoms with E-state index in [1.807, 2.05) is 13.0 Å². The predicted molar refractivity (Wildman–Crippen MR) is 92.8 cm³/mol. The molecular formula is C18H30ClNO. The van der Waals surface area contributed by atoms with Crippen LogP contribution in [0.4, 0.5) is 0 Å². The van der Waals surface area contributed by atoms with Crippen LogP contribution in [0.5, 0.6) is 5.75 Å². The fraction of sp³-hybridized carbons (Fsp3) is 0.667. The summed E-state index contributed by atoms with van der Waals surface area (Å²) in [6.07, 6.45) is 5.20. The van der Waals surface area contributed by atoms with Gasteiger partial charge in [-0.1, -0.05) is 51.6 Å². The lowest BCUT2D eigenvalue weighted by atomic mass is 10.0. The number of hydrogen-bond donors (Lipinski definition) is 1. The molecule has 120 valence electrons. The molecule has 21 heavy (non-hydrogen) atoms. The zero-order chi connectivity index (χ0) is 15.7. The van der Waals surface area contributed by atoms with Gasteiger partial charge in [0.05, 0.1) is 0 Å². The topological polar surface area (TPSA) is 21.3 Å². The van der Waals surface area contributed by atoms with Gasteiger partial charge in [0.15, 0.2) is 0 Å². The highest BCUT2D eigenvalue weighted by molar-refractivity contribution is 6.31. The molecule has 0 bridgehead atoms. The molecule has 0 atom stereocenters. The second kappa shape index (κ2) is 10.1. The molecule has 1 aromatic rings. The maximum atomic E-state index is 6.27. The molecule has 0 radical (unpaired) electrons. The van der Waals surface area contributed by atoms with Crippen LogP contribution in [0.3, 0.4) is 0 Å². The Bertz CT molecular complexity index is 418. The normalized spacial score (nSPS) is 11.1. The van der Waals surface area contributed by atoms with E-state index in [0.717, 1.165) is 35.0 Å². The first-order valence-electron chi connectivity index (χ1n) is 8.19. The summed E-state index contributed by atoms with van der Waals surface area (Å²) in [5, 5.41) is 4.27. The summed E-state index contributed by atoms with van der Waals surface area (Å²) in [4.78, 5) is 0. The molecule has 0 aromatic heterocycles. The van der Waals surface area contributed by atoms with Gasteiger partial charge in [-0.05, 0) is 49.1 Å².